The number of carbonyl (C=O) groups is 4. The lowest BCUT2D eigenvalue weighted by Gasteiger charge is -2.30. The maximum Gasteiger partial charge on any atom is 0.272 e. The zero-order valence-corrected chi connectivity index (χ0v) is 27.0. The Bertz CT molecular complexity index is 1370. The molecule has 2 unspecified atom stereocenters. The summed E-state index contributed by atoms with van der Waals surface area (Å²) in [6.07, 6.45) is 10.5. The van der Waals surface area contributed by atoms with Crippen LogP contribution in [0.5, 0.6) is 0 Å². The highest BCUT2D eigenvalue weighted by atomic mass is 32.2. The number of nitrogens with zero attached hydrogens (tertiary/aromatic N) is 3. The number of hydrogen-bond donors (Lipinski definition) is 3. The molecule has 0 aromatic carbocycles. The number of amides is 4. The standard InChI is InChI=1S/C30H46N6O7S/c1-5-29(2,3)44(41,42)34-28(40)30-20-21(30)12-9-7-6-8-10-13-23(27(39)36-16-11-14-24(36)26(38)32-30)31-25(37)22-15-17-35(33-22)18-19-43-4/h9,12,15,17,21,23-24H,5-8,10-11,13-14,16,18-20H2,1-4H3,(H,31,37)(H,32,38)(H,34,40)/b12-9-/t21?,23-,24?,30+/m0/s1. The number of fused-ring (bicyclic) bond motifs is 2. The maximum absolute atomic E-state index is 13.9. The molecule has 1 aromatic heterocycles. The van der Waals surface area contributed by atoms with Gasteiger partial charge in [0.1, 0.15) is 23.3 Å². The number of allylic oxidation sites excluding steroid dienone is 1. The van der Waals surface area contributed by atoms with E-state index in [4.69, 9.17) is 4.74 Å². The van der Waals surface area contributed by atoms with Gasteiger partial charge in [-0.1, -0.05) is 31.9 Å². The van der Waals surface area contributed by atoms with E-state index in [2.05, 4.69) is 20.5 Å². The molecule has 2 aliphatic heterocycles. The van der Waals surface area contributed by atoms with Gasteiger partial charge >= 0.3 is 0 Å². The third kappa shape index (κ3) is 7.33. The number of methoxy groups -OCH3 is 1. The van der Waals surface area contributed by atoms with Crippen LogP contribution in [0.2, 0.25) is 0 Å². The van der Waals surface area contributed by atoms with Crippen LogP contribution in [0.4, 0.5) is 0 Å². The Morgan fingerprint density at radius 2 is 1.95 bits per heavy atom. The first-order chi connectivity index (χ1) is 20.8. The van der Waals surface area contributed by atoms with Gasteiger partial charge in [0.15, 0.2) is 0 Å². The predicted octanol–water partition coefficient (Wildman–Crippen LogP) is 1.65. The van der Waals surface area contributed by atoms with Crippen molar-refractivity contribution in [1.82, 2.24) is 30.0 Å². The lowest BCUT2D eigenvalue weighted by atomic mass is 10.0. The normalized spacial score (nSPS) is 27.3. The van der Waals surface area contributed by atoms with Crippen molar-refractivity contribution < 1.29 is 32.3 Å². The summed E-state index contributed by atoms with van der Waals surface area (Å²) >= 11 is 0. The second-order valence-electron chi connectivity index (χ2n) is 12.6. The van der Waals surface area contributed by atoms with Crippen LogP contribution in [0.1, 0.15) is 89.0 Å². The average molecular weight is 635 g/mol. The summed E-state index contributed by atoms with van der Waals surface area (Å²) in [6, 6.07) is -0.120. The van der Waals surface area contributed by atoms with E-state index < -0.39 is 50.1 Å². The van der Waals surface area contributed by atoms with Gasteiger partial charge in [0.2, 0.25) is 21.8 Å². The monoisotopic (exact) mass is 634 g/mol. The number of hydrogen-bond acceptors (Lipinski definition) is 8. The second kappa shape index (κ2) is 13.8. The molecule has 4 rings (SSSR count). The van der Waals surface area contributed by atoms with E-state index in [1.807, 2.05) is 12.2 Å². The van der Waals surface area contributed by atoms with Crippen LogP contribution in [0, 0.1) is 5.92 Å². The first-order valence-electron chi connectivity index (χ1n) is 15.5. The summed E-state index contributed by atoms with van der Waals surface area (Å²) in [5.41, 5.74) is -1.24. The molecule has 4 atom stereocenters. The molecular formula is C30H46N6O7S. The molecule has 0 radical (unpaired) electrons. The van der Waals surface area contributed by atoms with E-state index in [-0.39, 0.29) is 23.9 Å². The largest absolute Gasteiger partial charge is 0.383 e. The lowest BCUT2D eigenvalue weighted by Crippen LogP contribution is -2.59. The van der Waals surface area contributed by atoms with Crippen molar-refractivity contribution in [3.8, 4) is 0 Å². The molecule has 3 N–H and O–H groups in total. The summed E-state index contributed by atoms with van der Waals surface area (Å²) in [6.45, 7) is 6.07. The van der Waals surface area contributed by atoms with Crippen LogP contribution in [0.15, 0.2) is 24.4 Å². The van der Waals surface area contributed by atoms with E-state index in [1.54, 1.807) is 44.8 Å². The summed E-state index contributed by atoms with van der Waals surface area (Å²) in [5, 5.41) is 9.98. The average Bonchev–Trinajstić information content (AvgIpc) is 3.32. The molecule has 244 valence electrons. The van der Waals surface area contributed by atoms with E-state index in [0.29, 0.717) is 51.8 Å². The molecule has 0 spiro atoms. The van der Waals surface area contributed by atoms with Crippen LogP contribution < -0.4 is 15.4 Å². The Hall–Kier alpha value is -3.26. The highest BCUT2D eigenvalue weighted by Gasteiger charge is 2.61. The number of nitrogens with one attached hydrogen (secondary N) is 3. The molecular weight excluding hydrogens is 588 g/mol. The van der Waals surface area contributed by atoms with Crippen molar-refractivity contribution in [2.45, 2.75) is 107 Å². The van der Waals surface area contributed by atoms with Crippen molar-refractivity contribution in [3.63, 3.8) is 0 Å². The molecule has 4 amide bonds. The third-order valence-corrected chi connectivity index (χ3v) is 11.3. The van der Waals surface area contributed by atoms with Crippen molar-refractivity contribution >= 4 is 33.7 Å². The Morgan fingerprint density at radius 1 is 1.18 bits per heavy atom. The van der Waals surface area contributed by atoms with Crippen LogP contribution >= 0.6 is 0 Å². The Balaban J connectivity index is 1.54. The van der Waals surface area contributed by atoms with Crippen molar-refractivity contribution in [2.75, 3.05) is 20.3 Å². The Morgan fingerprint density at radius 3 is 2.68 bits per heavy atom. The topological polar surface area (TPSA) is 169 Å². The summed E-state index contributed by atoms with van der Waals surface area (Å²) < 4.78 is 33.7. The van der Waals surface area contributed by atoms with Gasteiger partial charge in [0.05, 0.1) is 17.9 Å². The van der Waals surface area contributed by atoms with Gasteiger partial charge in [0, 0.05) is 25.8 Å². The predicted molar refractivity (Wildman–Crippen MR) is 163 cm³/mol. The van der Waals surface area contributed by atoms with Gasteiger partial charge in [-0.15, -0.1) is 0 Å². The zero-order chi connectivity index (χ0) is 32.1. The third-order valence-electron chi connectivity index (χ3n) is 9.14. The Labute approximate surface area is 259 Å². The number of sulfonamides is 1. The summed E-state index contributed by atoms with van der Waals surface area (Å²) in [4.78, 5) is 55.7. The van der Waals surface area contributed by atoms with E-state index in [9.17, 15) is 27.6 Å². The molecule has 1 saturated carbocycles. The number of ether oxygens (including phenoxy) is 1. The molecule has 3 aliphatic rings. The molecule has 1 aliphatic carbocycles. The van der Waals surface area contributed by atoms with Gasteiger partial charge < -0.3 is 20.3 Å². The van der Waals surface area contributed by atoms with Gasteiger partial charge in [-0.25, -0.2) is 8.42 Å². The smallest absolute Gasteiger partial charge is 0.272 e. The first-order valence-corrected chi connectivity index (χ1v) is 17.0. The molecule has 13 nitrogen and oxygen atoms in total. The summed E-state index contributed by atoms with van der Waals surface area (Å²) in [7, 11) is -2.44. The van der Waals surface area contributed by atoms with Crippen LogP contribution in [0.25, 0.3) is 0 Å². The minimum absolute atomic E-state index is 0.180. The quantitative estimate of drug-likeness (QED) is 0.345. The minimum atomic E-state index is -4.02. The highest BCUT2D eigenvalue weighted by molar-refractivity contribution is 7.91. The van der Waals surface area contributed by atoms with Gasteiger partial charge in [-0.2, -0.15) is 5.10 Å². The van der Waals surface area contributed by atoms with Crippen molar-refractivity contribution in [1.29, 1.82) is 0 Å². The van der Waals surface area contributed by atoms with Crippen LogP contribution in [-0.2, 0) is 35.7 Å². The fraction of sp³-hybridized carbons (Fsp3) is 0.700. The number of carbonyl (C=O) groups excluding carboxylic acids is 4. The Kier molecular flexibility index (Phi) is 10.5. The van der Waals surface area contributed by atoms with E-state index in [1.165, 1.54) is 4.90 Å². The summed E-state index contributed by atoms with van der Waals surface area (Å²) in [5.74, 6) is -2.48. The lowest BCUT2D eigenvalue weighted by molar-refractivity contribution is -0.141. The first kappa shape index (κ1) is 33.6. The molecule has 14 heteroatoms. The molecule has 44 heavy (non-hydrogen) atoms. The number of aromatic nitrogens is 2. The van der Waals surface area contributed by atoms with Gasteiger partial charge in [-0.05, 0) is 64.9 Å². The zero-order valence-electron chi connectivity index (χ0n) is 26.1. The molecule has 0 bridgehead atoms. The maximum atomic E-state index is 13.9. The van der Waals surface area contributed by atoms with Gasteiger partial charge in [0.25, 0.3) is 11.8 Å². The van der Waals surface area contributed by atoms with Crippen LogP contribution in [0.3, 0.4) is 0 Å². The van der Waals surface area contributed by atoms with Crippen molar-refractivity contribution in [2.24, 2.45) is 5.92 Å². The van der Waals surface area contributed by atoms with E-state index >= 15 is 0 Å². The second-order valence-corrected chi connectivity index (χ2v) is 14.9. The molecule has 1 aromatic rings. The molecule has 3 heterocycles. The SMILES string of the molecule is CCC(C)(C)S(=O)(=O)NC(=O)[C@@]12CC1/C=C\CCCCC[C@H](NC(=O)c1ccn(CCOC)n1)C(=O)N1CCCC1C(=O)N2. The van der Waals surface area contributed by atoms with Gasteiger partial charge in [-0.3, -0.25) is 28.6 Å². The minimum Gasteiger partial charge on any atom is -0.383 e. The van der Waals surface area contributed by atoms with E-state index in [0.717, 1.165) is 19.3 Å². The molecule has 1 saturated heterocycles. The van der Waals surface area contributed by atoms with Crippen molar-refractivity contribution in [3.05, 3.63) is 30.1 Å². The fourth-order valence-electron chi connectivity index (χ4n) is 5.66. The number of rotatable bonds is 9. The van der Waals surface area contributed by atoms with Crippen LogP contribution in [-0.4, -0.2) is 89.4 Å². The highest BCUT2D eigenvalue weighted by Crippen LogP contribution is 2.46. The fourth-order valence-corrected chi connectivity index (χ4v) is 6.74. The molecule has 2 fully saturated rings.